The molecule has 0 aliphatic carbocycles. The van der Waals surface area contributed by atoms with Gasteiger partial charge in [0.25, 0.3) is 0 Å². The molecule has 0 spiro atoms. The molecule has 42 heavy (non-hydrogen) atoms. The van der Waals surface area contributed by atoms with Crippen molar-refractivity contribution in [3.05, 3.63) is 132 Å². The first-order chi connectivity index (χ1) is 20.7. The van der Waals surface area contributed by atoms with Crippen molar-refractivity contribution in [2.45, 2.75) is 0 Å². The minimum Gasteiger partial charge on any atom is -0.456 e. The van der Waals surface area contributed by atoms with Crippen LogP contribution in [0.3, 0.4) is 0 Å². The number of fused-ring (bicyclic) bond motifs is 6. The number of thiophene rings is 1. The van der Waals surface area contributed by atoms with Gasteiger partial charge in [0.15, 0.2) is 0 Å². The first kappa shape index (κ1) is 24.1. The summed E-state index contributed by atoms with van der Waals surface area (Å²) in [6.07, 6.45) is 0. The Labute approximate surface area is 245 Å². The van der Waals surface area contributed by atoms with E-state index in [1.807, 2.05) is 36.4 Å². The van der Waals surface area contributed by atoms with Gasteiger partial charge in [0, 0.05) is 30.9 Å². The van der Waals surface area contributed by atoms with Gasteiger partial charge in [-0.25, -0.2) is 0 Å². The van der Waals surface area contributed by atoms with E-state index in [4.69, 9.17) is 4.42 Å². The number of rotatable bonds is 3. The monoisotopic (exact) mass is 552 g/mol. The van der Waals surface area contributed by atoms with Crippen molar-refractivity contribution in [1.29, 1.82) is 10.5 Å². The van der Waals surface area contributed by atoms with Crippen LogP contribution in [0.2, 0.25) is 0 Å². The lowest BCUT2D eigenvalue weighted by Crippen LogP contribution is -1.92. The van der Waals surface area contributed by atoms with Crippen LogP contribution in [0.1, 0.15) is 11.1 Å². The van der Waals surface area contributed by atoms with Gasteiger partial charge in [-0.3, -0.25) is 0 Å². The second kappa shape index (κ2) is 9.46. The van der Waals surface area contributed by atoms with Gasteiger partial charge >= 0.3 is 0 Å². The normalized spacial score (nSPS) is 11.3. The summed E-state index contributed by atoms with van der Waals surface area (Å²) in [7, 11) is 0. The molecule has 0 saturated heterocycles. The number of furan rings is 1. The molecule has 0 amide bonds. The predicted molar refractivity (Wildman–Crippen MR) is 172 cm³/mol. The van der Waals surface area contributed by atoms with Crippen molar-refractivity contribution in [3.63, 3.8) is 0 Å². The van der Waals surface area contributed by atoms with E-state index < -0.39 is 0 Å². The summed E-state index contributed by atoms with van der Waals surface area (Å²) in [6.45, 7) is 0. The minimum atomic E-state index is 0.461. The molecule has 8 aromatic rings. The number of benzene rings is 6. The largest absolute Gasteiger partial charge is 0.456 e. The summed E-state index contributed by atoms with van der Waals surface area (Å²) in [5.41, 5.74) is 8.68. The Kier molecular flexibility index (Phi) is 5.44. The van der Waals surface area contributed by atoms with Crippen molar-refractivity contribution in [2.24, 2.45) is 0 Å². The van der Waals surface area contributed by atoms with Crippen LogP contribution in [0.5, 0.6) is 0 Å². The van der Waals surface area contributed by atoms with Crippen molar-refractivity contribution >= 4 is 53.4 Å². The molecule has 2 aromatic heterocycles. The van der Waals surface area contributed by atoms with Gasteiger partial charge < -0.3 is 4.42 Å². The Morgan fingerprint density at radius 3 is 1.93 bits per heavy atom. The zero-order valence-corrected chi connectivity index (χ0v) is 23.1. The van der Waals surface area contributed by atoms with Crippen LogP contribution in [0, 0.1) is 22.7 Å². The summed E-state index contributed by atoms with van der Waals surface area (Å²) >= 11 is 1.81. The number of nitrogens with zero attached hydrogens (tertiary/aromatic N) is 2. The zero-order chi connectivity index (χ0) is 28.2. The molecule has 3 nitrogen and oxygen atoms in total. The topological polar surface area (TPSA) is 60.7 Å². The fraction of sp³-hybridized carbons (Fsp3) is 0. The Hall–Kier alpha value is -5.68. The smallest absolute Gasteiger partial charge is 0.135 e. The maximum Gasteiger partial charge on any atom is 0.135 e. The highest BCUT2D eigenvalue weighted by Gasteiger charge is 2.18. The van der Waals surface area contributed by atoms with Gasteiger partial charge in [0.05, 0.1) is 23.3 Å². The molecule has 0 fully saturated rings. The second-order valence-electron chi connectivity index (χ2n) is 10.4. The lowest BCUT2D eigenvalue weighted by molar-refractivity contribution is 0.669. The molecule has 0 atom stereocenters. The van der Waals surface area contributed by atoms with Gasteiger partial charge in [-0.2, -0.15) is 10.5 Å². The summed E-state index contributed by atoms with van der Waals surface area (Å²) in [4.78, 5) is 0. The first-order valence-electron chi connectivity index (χ1n) is 13.6. The highest BCUT2D eigenvalue weighted by atomic mass is 32.1. The van der Waals surface area contributed by atoms with Gasteiger partial charge in [0.1, 0.15) is 11.2 Å². The van der Waals surface area contributed by atoms with Crippen molar-refractivity contribution < 1.29 is 4.42 Å². The van der Waals surface area contributed by atoms with E-state index in [1.54, 1.807) is 17.4 Å². The van der Waals surface area contributed by atoms with Crippen LogP contribution in [-0.4, -0.2) is 0 Å². The molecule has 0 unspecified atom stereocenters. The van der Waals surface area contributed by atoms with Crippen LogP contribution in [0.15, 0.2) is 126 Å². The molecule has 194 valence electrons. The number of hydrogen-bond acceptors (Lipinski definition) is 4. The van der Waals surface area contributed by atoms with Crippen molar-refractivity contribution in [3.8, 4) is 45.5 Å². The SMILES string of the molecule is N#Cc1cc(C#N)cc(-c2cccc(-c3ccc4sc5ccccc5c4c3)c2-c2ccc3oc4ccccc4c3c2)c1. The van der Waals surface area contributed by atoms with Crippen LogP contribution in [-0.2, 0) is 0 Å². The second-order valence-corrected chi connectivity index (χ2v) is 11.5. The van der Waals surface area contributed by atoms with E-state index in [0.717, 1.165) is 55.3 Å². The number of nitriles is 2. The van der Waals surface area contributed by atoms with E-state index in [-0.39, 0.29) is 0 Å². The van der Waals surface area contributed by atoms with Gasteiger partial charge in [-0.05, 0) is 88.0 Å². The van der Waals surface area contributed by atoms with Crippen LogP contribution < -0.4 is 0 Å². The lowest BCUT2D eigenvalue weighted by atomic mass is 9.86. The third-order valence-corrected chi connectivity index (χ3v) is 9.07. The molecule has 0 aliphatic rings. The fourth-order valence-electron chi connectivity index (χ4n) is 6.03. The molecule has 8 rings (SSSR count). The highest BCUT2D eigenvalue weighted by Crippen LogP contribution is 2.44. The predicted octanol–water partition coefficient (Wildman–Crippen LogP) is 10.7. The van der Waals surface area contributed by atoms with E-state index >= 15 is 0 Å². The fourth-order valence-corrected chi connectivity index (χ4v) is 7.12. The van der Waals surface area contributed by atoms with E-state index in [0.29, 0.717) is 11.1 Å². The van der Waals surface area contributed by atoms with E-state index in [2.05, 4.69) is 91.0 Å². The van der Waals surface area contributed by atoms with Crippen molar-refractivity contribution in [1.82, 2.24) is 0 Å². The lowest BCUT2D eigenvalue weighted by Gasteiger charge is -2.17. The quantitative estimate of drug-likeness (QED) is 0.219. The van der Waals surface area contributed by atoms with Crippen LogP contribution in [0.4, 0.5) is 0 Å². The standard InChI is InChI=1S/C38H20N2OS/c39-21-23-16-24(22-40)18-27(17-23)29-9-5-8-28(25-13-15-37-33(19-25)31-7-2-4-11-36(31)42-37)38(29)26-12-14-35-32(20-26)30-6-1-3-10-34(30)41-35/h1-20H. The van der Waals surface area contributed by atoms with Gasteiger partial charge in [-0.15, -0.1) is 11.3 Å². The average molecular weight is 553 g/mol. The maximum atomic E-state index is 9.74. The maximum absolute atomic E-state index is 9.74. The van der Waals surface area contributed by atoms with Crippen LogP contribution >= 0.6 is 11.3 Å². The molecule has 0 radical (unpaired) electrons. The minimum absolute atomic E-state index is 0.461. The van der Waals surface area contributed by atoms with Crippen LogP contribution in [0.25, 0.3) is 75.5 Å². The summed E-state index contributed by atoms with van der Waals surface area (Å²) in [5, 5.41) is 24.1. The molecule has 0 saturated carbocycles. The molecule has 0 bridgehead atoms. The third kappa shape index (κ3) is 3.79. The van der Waals surface area contributed by atoms with E-state index in [1.165, 1.54) is 20.2 Å². The number of para-hydroxylation sites is 1. The molecular weight excluding hydrogens is 532 g/mol. The first-order valence-corrected chi connectivity index (χ1v) is 14.4. The molecule has 0 N–H and O–H groups in total. The zero-order valence-electron chi connectivity index (χ0n) is 22.3. The van der Waals surface area contributed by atoms with E-state index in [9.17, 15) is 10.5 Å². The highest BCUT2D eigenvalue weighted by molar-refractivity contribution is 7.25. The Balaban J connectivity index is 1.44. The third-order valence-electron chi connectivity index (χ3n) is 7.92. The van der Waals surface area contributed by atoms with Gasteiger partial charge in [-0.1, -0.05) is 66.7 Å². The Morgan fingerprint density at radius 2 is 1.12 bits per heavy atom. The summed E-state index contributed by atoms with van der Waals surface area (Å²) < 4.78 is 8.67. The molecule has 6 aromatic carbocycles. The Morgan fingerprint density at radius 1 is 0.476 bits per heavy atom. The summed E-state index contributed by atoms with van der Waals surface area (Å²) in [6, 6.07) is 45.8. The summed E-state index contributed by atoms with van der Waals surface area (Å²) in [5.74, 6) is 0. The Bertz CT molecular complexity index is 2420. The molecule has 2 heterocycles. The molecular formula is C38H20N2OS. The molecule has 0 aliphatic heterocycles. The number of hydrogen-bond donors (Lipinski definition) is 0. The molecule has 4 heteroatoms. The van der Waals surface area contributed by atoms with Gasteiger partial charge in [0.2, 0.25) is 0 Å². The van der Waals surface area contributed by atoms with Crippen molar-refractivity contribution in [2.75, 3.05) is 0 Å². The average Bonchev–Trinajstić information content (AvgIpc) is 3.61.